The van der Waals surface area contributed by atoms with Gasteiger partial charge in [0.1, 0.15) is 18.5 Å². The van der Waals surface area contributed by atoms with Crippen LogP contribution in [0, 0.1) is 11.3 Å². The van der Waals surface area contributed by atoms with E-state index >= 15 is 0 Å². The molecule has 5 rings (SSSR count). The minimum absolute atomic E-state index is 0.162. The molecule has 0 bridgehead atoms. The first-order valence-corrected chi connectivity index (χ1v) is 10.3. The summed E-state index contributed by atoms with van der Waals surface area (Å²) in [6.45, 7) is 0.995. The number of amides is 1. The van der Waals surface area contributed by atoms with Crippen molar-refractivity contribution in [3.05, 3.63) is 65.0 Å². The van der Waals surface area contributed by atoms with E-state index < -0.39 is 0 Å². The zero-order valence-corrected chi connectivity index (χ0v) is 17.4. The maximum Gasteiger partial charge on any atom is 0.272 e. The molecule has 9 nitrogen and oxygen atoms in total. The Kier molecular flexibility index (Phi) is 5.11. The van der Waals surface area contributed by atoms with Crippen LogP contribution in [-0.2, 0) is 13.0 Å². The van der Waals surface area contributed by atoms with Crippen molar-refractivity contribution >= 4 is 5.91 Å². The Hall–Kier alpha value is -4.06. The van der Waals surface area contributed by atoms with Gasteiger partial charge in [-0.2, -0.15) is 10.4 Å². The van der Waals surface area contributed by atoms with Gasteiger partial charge in [0.25, 0.3) is 5.91 Å². The molecule has 1 N–H and O–H groups in total. The number of methoxy groups -OCH3 is 1. The topological polar surface area (TPSA) is 111 Å². The van der Waals surface area contributed by atoms with Crippen LogP contribution in [0.5, 0.6) is 17.5 Å². The van der Waals surface area contributed by atoms with Crippen LogP contribution in [0.2, 0.25) is 0 Å². The van der Waals surface area contributed by atoms with E-state index in [4.69, 9.17) is 19.5 Å². The first kappa shape index (κ1) is 19.9. The number of aromatic nitrogens is 3. The minimum Gasteiger partial charge on any atom is -0.491 e. The van der Waals surface area contributed by atoms with Crippen LogP contribution in [0.4, 0.5) is 0 Å². The molecule has 0 radical (unpaired) electrons. The highest BCUT2D eigenvalue weighted by molar-refractivity contribution is 5.92. The SMILES string of the molecule is COc1cc(C2CCn3nc(C(=O)N[C@H]4COc5ccc(C#N)cc5C4)cc3O2)ccn1. The average molecular weight is 431 g/mol. The van der Waals surface area contributed by atoms with Crippen LogP contribution >= 0.6 is 0 Å². The fraction of sp³-hybridized carbons (Fsp3) is 0.304. The lowest BCUT2D eigenvalue weighted by Crippen LogP contribution is -2.42. The van der Waals surface area contributed by atoms with Crippen LogP contribution in [0.1, 0.15) is 39.7 Å². The first-order valence-electron chi connectivity index (χ1n) is 10.3. The van der Waals surface area contributed by atoms with Gasteiger partial charge in [0.15, 0.2) is 5.69 Å². The van der Waals surface area contributed by atoms with Gasteiger partial charge < -0.3 is 19.5 Å². The highest BCUT2D eigenvalue weighted by Crippen LogP contribution is 2.32. The highest BCUT2D eigenvalue weighted by atomic mass is 16.5. The van der Waals surface area contributed by atoms with Gasteiger partial charge >= 0.3 is 0 Å². The molecular weight excluding hydrogens is 410 g/mol. The van der Waals surface area contributed by atoms with E-state index in [0.717, 1.165) is 23.3 Å². The summed E-state index contributed by atoms with van der Waals surface area (Å²) >= 11 is 0. The van der Waals surface area contributed by atoms with Crippen molar-refractivity contribution < 1.29 is 19.0 Å². The predicted octanol–water partition coefficient (Wildman–Crippen LogP) is 2.42. The molecule has 9 heteroatoms. The van der Waals surface area contributed by atoms with Gasteiger partial charge in [-0.05, 0) is 41.8 Å². The quantitative estimate of drug-likeness (QED) is 0.675. The molecule has 0 fully saturated rings. The molecule has 1 unspecified atom stereocenters. The maximum atomic E-state index is 12.8. The summed E-state index contributed by atoms with van der Waals surface area (Å²) in [7, 11) is 1.58. The molecule has 2 aliphatic heterocycles. The van der Waals surface area contributed by atoms with Gasteiger partial charge in [-0.1, -0.05) is 0 Å². The number of fused-ring (bicyclic) bond motifs is 2. The fourth-order valence-corrected chi connectivity index (χ4v) is 4.00. The molecule has 0 aliphatic carbocycles. The summed E-state index contributed by atoms with van der Waals surface area (Å²) in [6.07, 6.45) is 2.83. The third kappa shape index (κ3) is 3.83. The number of pyridine rings is 1. The van der Waals surface area contributed by atoms with Gasteiger partial charge in [-0.3, -0.25) is 4.79 Å². The number of carbonyl (C=O) groups is 1. The van der Waals surface area contributed by atoms with Gasteiger partial charge in [-0.15, -0.1) is 0 Å². The van der Waals surface area contributed by atoms with Crippen molar-refractivity contribution in [3.8, 4) is 23.6 Å². The van der Waals surface area contributed by atoms with Crippen molar-refractivity contribution in [2.75, 3.05) is 13.7 Å². The highest BCUT2D eigenvalue weighted by Gasteiger charge is 2.27. The average Bonchev–Trinajstić information content (AvgIpc) is 3.27. The molecule has 0 saturated carbocycles. The third-order valence-electron chi connectivity index (χ3n) is 5.61. The fourth-order valence-electron chi connectivity index (χ4n) is 4.00. The second-order valence-corrected chi connectivity index (χ2v) is 7.74. The van der Waals surface area contributed by atoms with Crippen LogP contribution in [0.25, 0.3) is 0 Å². The number of nitrogens with zero attached hydrogens (tertiary/aromatic N) is 4. The Morgan fingerprint density at radius 2 is 2.22 bits per heavy atom. The molecule has 2 aromatic heterocycles. The van der Waals surface area contributed by atoms with E-state index in [0.29, 0.717) is 42.6 Å². The van der Waals surface area contributed by atoms with Gasteiger partial charge in [-0.25, -0.2) is 9.67 Å². The second-order valence-electron chi connectivity index (χ2n) is 7.74. The second kappa shape index (κ2) is 8.23. The Morgan fingerprint density at radius 3 is 3.06 bits per heavy atom. The molecule has 32 heavy (non-hydrogen) atoms. The van der Waals surface area contributed by atoms with Gasteiger partial charge in [0, 0.05) is 31.3 Å². The Balaban J connectivity index is 1.26. The number of benzene rings is 1. The summed E-state index contributed by atoms with van der Waals surface area (Å²) < 4.78 is 18.7. The van der Waals surface area contributed by atoms with Crippen LogP contribution in [0.3, 0.4) is 0 Å². The van der Waals surface area contributed by atoms with E-state index in [1.807, 2.05) is 12.1 Å². The van der Waals surface area contributed by atoms with E-state index in [1.165, 1.54) is 0 Å². The van der Waals surface area contributed by atoms with E-state index in [2.05, 4.69) is 21.5 Å². The van der Waals surface area contributed by atoms with Crippen LogP contribution in [-0.4, -0.2) is 40.4 Å². The van der Waals surface area contributed by atoms with Gasteiger partial charge in [0.2, 0.25) is 11.8 Å². The summed E-state index contributed by atoms with van der Waals surface area (Å²) in [6, 6.07) is 12.6. The molecule has 1 amide bonds. The largest absolute Gasteiger partial charge is 0.491 e. The number of nitriles is 1. The maximum absolute atomic E-state index is 12.8. The van der Waals surface area contributed by atoms with Crippen molar-refractivity contribution in [1.29, 1.82) is 5.26 Å². The lowest BCUT2D eigenvalue weighted by atomic mass is 10.0. The standard InChI is InChI=1S/C23H21N5O4/c1-30-21-10-15(4-6-25-21)20-5-7-28-22(32-20)11-18(27-28)23(29)26-17-9-16-8-14(12-24)2-3-19(16)31-13-17/h2-4,6,8,10-11,17,20H,5,7,9,13H2,1H3,(H,26,29)/t17-,20?/m1/s1. The van der Waals surface area contributed by atoms with E-state index in [1.54, 1.807) is 42.3 Å². The first-order chi connectivity index (χ1) is 15.6. The molecule has 1 aromatic carbocycles. The predicted molar refractivity (Wildman–Crippen MR) is 113 cm³/mol. The molecule has 0 spiro atoms. The monoisotopic (exact) mass is 431 g/mol. The number of ether oxygens (including phenoxy) is 3. The normalized spacial score (nSPS) is 18.9. The number of rotatable bonds is 4. The van der Waals surface area contributed by atoms with Crippen LogP contribution in [0.15, 0.2) is 42.6 Å². The van der Waals surface area contributed by atoms with Crippen molar-refractivity contribution in [2.24, 2.45) is 0 Å². The van der Waals surface area contributed by atoms with Crippen molar-refractivity contribution in [3.63, 3.8) is 0 Å². The Labute approximate surface area is 184 Å². The summed E-state index contributed by atoms with van der Waals surface area (Å²) in [5.41, 5.74) is 2.73. The molecule has 0 saturated heterocycles. The molecular formula is C23H21N5O4. The third-order valence-corrected chi connectivity index (χ3v) is 5.61. The number of carbonyl (C=O) groups excluding carboxylic acids is 1. The minimum atomic E-state index is -0.286. The number of hydrogen-bond donors (Lipinski definition) is 1. The number of hydrogen-bond acceptors (Lipinski definition) is 7. The van der Waals surface area contributed by atoms with E-state index in [-0.39, 0.29) is 18.1 Å². The molecule has 3 aromatic rings. The number of aryl methyl sites for hydroxylation is 1. The van der Waals surface area contributed by atoms with Crippen LogP contribution < -0.4 is 19.5 Å². The van der Waals surface area contributed by atoms with E-state index in [9.17, 15) is 4.79 Å². The lowest BCUT2D eigenvalue weighted by Gasteiger charge is -2.25. The Bertz CT molecular complexity index is 1220. The smallest absolute Gasteiger partial charge is 0.272 e. The molecule has 2 atom stereocenters. The summed E-state index contributed by atoms with van der Waals surface area (Å²) in [4.78, 5) is 17.0. The molecule has 162 valence electrons. The Morgan fingerprint density at radius 1 is 1.31 bits per heavy atom. The lowest BCUT2D eigenvalue weighted by molar-refractivity contribution is 0.0909. The number of nitrogens with one attached hydrogen (secondary N) is 1. The molecule has 2 aliphatic rings. The zero-order chi connectivity index (χ0) is 22.1. The summed E-state index contributed by atoms with van der Waals surface area (Å²) in [5.74, 6) is 1.54. The van der Waals surface area contributed by atoms with Crippen molar-refractivity contribution in [1.82, 2.24) is 20.1 Å². The van der Waals surface area contributed by atoms with Gasteiger partial charge in [0.05, 0.1) is 24.8 Å². The molecule has 4 heterocycles. The van der Waals surface area contributed by atoms with Crippen molar-refractivity contribution in [2.45, 2.75) is 31.5 Å². The zero-order valence-electron chi connectivity index (χ0n) is 17.4. The summed E-state index contributed by atoms with van der Waals surface area (Å²) in [5, 5.41) is 16.5.